The van der Waals surface area contributed by atoms with Crippen LogP contribution >= 0.6 is 0 Å². The van der Waals surface area contributed by atoms with Crippen molar-refractivity contribution in [3.05, 3.63) is 40.3 Å². The zero-order chi connectivity index (χ0) is 17.4. The number of carbonyl (C=O) groups is 1. The van der Waals surface area contributed by atoms with Gasteiger partial charge >= 0.3 is 0 Å². The van der Waals surface area contributed by atoms with Crippen LogP contribution in [0.2, 0.25) is 0 Å². The van der Waals surface area contributed by atoms with Gasteiger partial charge in [0.25, 0.3) is 11.5 Å². The van der Waals surface area contributed by atoms with Gasteiger partial charge < -0.3 is 15.3 Å². The predicted molar refractivity (Wildman–Crippen MR) is 93.4 cm³/mol. The molecule has 1 atom stereocenters. The van der Waals surface area contributed by atoms with Gasteiger partial charge in [-0.2, -0.15) is 5.10 Å². The van der Waals surface area contributed by atoms with Crippen molar-refractivity contribution in [2.75, 3.05) is 32.8 Å². The second kappa shape index (κ2) is 6.24. The number of amides is 1. The van der Waals surface area contributed by atoms with E-state index in [1.165, 1.54) is 0 Å². The average molecular weight is 342 g/mol. The standard InChI is InChI=1S/C18H22N4O3/c23-10-12-9-22(11-18(12)5-7-19-8-6-18)17(25)15-13-3-1-2-4-14(13)16(24)21-20-15/h1-4,12,19,23H,5-11H2,(H,21,24). The Kier molecular flexibility index (Phi) is 4.05. The zero-order valence-electron chi connectivity index (χ0n) is 14.0. The minimum Gasteiger partial charge on any atom is -0.396 e. The summed E-state index contributed by atoms with van der Waals surface area (Å²) in [7, 11) is 0. The number of nitrogens with zero attached hydrogens (tertiary/aromatic N) is 2. The molecular weight excluding hydrogens is 320 g/mol. The summed E-state index contributed by atoms with van der Waals surface area (Å²) in [5, 5.41) is 20.7. The molecule has 0 saturated carbocycles. The highest BCUT2D eigenvalue weighted by atomic mass is 16.3. The topological polar surface area (TPSA) is 98.3 Å². The highest BCUT2D eigenvalue weighted by Gasteiger charge is 2.48. The third-order valence-corrected chi connectivity index (χ3v) is 5.82. The summed E-state index contributed by atoms with van der Waals surface area (Å²) in [5.74, 6) is -0.0890. The van der Waals surface area contributed by atoms with Gasteiger partial charge in [-0.25, -0.2) is 5.10 Å². The van der Waals surface area contributed by atoms with E-state index in [1.54, 1.807) is 29.2 Å². The first-order valence-electron chi connectivity index (χ1n) is 8.73. The van der Waals surface area contributed by atoms with E-state index in [0.717, 1.165) is 25.9 Å². The van der Waals surface area contributed by atoms with Gasteiger partial charge in [0, 0.05) is 31.0 Å². The molecule has 2 aliphatic heterocycles. The number of aliphatic hydroxyl groups is 1. The second-order valence-corrected chi connectivity index (χ2v) is 7.12. The van der Waals surface area contributed by atoms with E-state index in [0.29, 0.717) is 23.9 Å². The van der Waals surface area contributed by atoms with Gasteiger partial charge in [-0.05, 0) is 37.4 Å². The van der Waals surface area contributed by atoms with E-state index in [2.05, 4.69) is 15.5 Å². The Bertz CT molecular complexity index is 857. The predicted octanol–water partition coefficient (Wildman–Crippen LogP) is 0.357. The number of rotatable bonds is 2. The van der Waals surface area contributed by atoms with Gasteiger partial charge in [0.1, 0.15) is 0 Å². The van der Waals surface area contributed by atoms with Crippen LogP contribution in [0.5, 0.6) is 0 Å². The molecule has 0 aliphatic carbocycles. The van der Waals surface area contributed by atoms with Gasteiger partial charge in [-0.15, -0.1) is 0 Å². The van der Waals surface area contributed by atoms with Crippen molar-refractivity contribution in [2.24, 2.45) is 11.3 Å². The Balaban J connectivity index is 1.68. The largest absolute Gasteiger partial charge is 0.396 e. The maximum atomic E-state index is 13.1. The van der Waals surface area contributed by atoms with E-state index in [9.17, 15) is 14.7 Å². The SMILES string of the molecule is O=C(c1n[nH]c(=O)c2ccccc12)N1CC(CO)C2(CCNCC2)C1. The van der Waals surface area contributed by atoms with Gasteiger partial charge in [-0.3, -0.25) is 9.59 Å². The Morgan fingerprint density at radius 1 is 1.28 bits per heavy atom. The van der Waals surface area contributed by atoms with Crippen molar-refractivity contribution >= 4 is 16.7 Å². The van der Waals surface area contributed by atoms with E-state index in [-0.39, 0.29) is 35.1 Å². The van der Waals surface area contributed by atoms with Crippen LogP contribution in [0.3, 0.4) is 0 Å². The number of fused-ring (bicyclic) bond motifs is 1. The summed E-state index contributed by atoms with van der Waals surface area (Å²) in [6.07, 6.45) is 1.92. The van der Waals surface area contributed by atoms with Crippen LogP contribution in [0, 0.1) is 11.3 Å². The normalized spacial score (nSPS) is 22.6. The monoisotopic (exact) mass is 342 g/mol. The molecule has 132 valence electrons. The van der Waals surface area contributed by atoms with E-state index < -0.39 is 0 Å². The second-order valence-electron chi connectivity index (χ2n) is 7.12. The first kappa shape index (κ1) is 16.2. The summed E-state index contributed by atoms with van der Waals surface area (Å²) >= 11 is 0. The van der Waals surface area contributed by atoms with Gasteiger partial charge in [-0.1, -0.05) is 18.2 Å². The molecule has 2 aliphatic rings. The molecule has 25 heavy (non-hydrogen) atoms. The van der Waals surface area contributed by atoms with Crippen LogP contribution in [0.25, 0.3) is 10.8 Å². The molecule has 4 rings (SSSR count). The summed E-state index contributed by atoms with van der Waals surface area (Å²) in [4.78, 5) is 26.8. The van der Waals surface area contributed by atoms with Crippen molar-refractivity contribution in [3.8, 4) is 0 Å². The smallest absolute Gasteiger partial charge is 0.274 e. The lowest BCUT2D eigenvalue weighted by Crippen LogP contribution is -2.43. The van der Waals surface area contributed by atoms with Gasteiger partial charge in [0.2, 0.25) is 0 Å². The van der Waals surface area contributed by atoms with Crippen molar-refractivity contribution in [1.29, 1.82) is 0 Å². The average Bonchev–Trinajstić information content (AvgIpc) is 3.00. The third-order valence-electron chi connectivity index (χ3n) is 5.82. The molecule has 0 bridgehead atoms. The summed E-state index contributed by atoms with van der Waals surface area (Å²) < 4.78 is 0. The molecule has 1 aromatic carbocycles. The zero-order valence-corrected chi connectivity index (χ0v) is 14.0. The Morgan fingerprint density at radius 3 is 2.72 bits per heavy atom. The number of H-pyrrole nitrogens is 1. The fraction of sp³-hybridized carbons (Fsp3) is 0.500. The number of aliphatic hydroxyl groups excluding tert-OH is 1. The van der Waals surface area contributed by atoms with E-state index >= 15 is 0 Å². The number of aromatic amines is 1. The highest BCUT2D eigenvalue weighted by Crippen LogP contribution is 2.43. The molecule has 2 fully saturated rings. The van der Waals surface area contributed by atoms with Gasteiger partial charge in [0.05, 0.1) is 5.39 Å². The maximum Gasteiger partial charge on any atom is 0.274 e. The molecule has 2 aromatic rings. The lowest BCUT2D eigenvalue weighted by atomic mass is 9.71. The summed E-state index contributed by atoms with van der Waals surface area (Å²) in [6.45, 7) is 3.08. The first-order chi connectivity index (χ1) is 12.1. The summed E-state index contributed by atoms with van der Waals surface area (Å²) in [6, 6.07) is 7.02. The first-order valence-corrected chi connectivity index (χ1v) is 8.73. The molecule has 1 amide bonds. The Morgan fingerprint density at radius 2 is 2.00 bits per heavy atom. The molecule has 0 radical (unpaired) electrons. The van der Waals surface area contributed by atoms with E-state index in [1.807, 2.05) is 0 Å². The number of nitrogens with one attached hydrogen (secondary N) is 2. The molecule has 7 heteroatoms. The number of carbonyl (C=O) groups excluding carboxylic acids is 1. The van der Waals surface area contributed by atoms with Crippen LogP contribution < -0.4 is 10.9 Å². The molecule has 3 heterocycles. The van der Waals surface area contributed by atoms with E-state index in [4.69, 9.17) is 0 Å². The highest BCUT2D eigenvalue weighted by molar-refractivity contribution is 6.04. The lowest BCUT2D eigenvalue weighted by Gasteiger charge is -2.37. The third kappa shape index (κ3) is 2.63. The fourth-order valence-corrected chi connectivity index (χ4v) is 4.36. The van der Waals surface area contributed by atoms with Crippen molar-refractivity contribution in [1.82, 2.24) is 20.4 Å². The molecular formula is C18H22N4O3. The molecule has 3 N–H and O–H groups in total. The lowest BCUT2D eigenvalue weighted by molar-refractivity contribution is 0.0751. The maximum absolute atomic E-state index is 13.1. The molecule has 1 spiro atoms. The minimum atomic E-state index is -0.295. The van der Waals surface area contributed by atoms with Crippen LogP contribution in [0.4, 0.5) is 0 Å². The quantitative estimate of drug-likeness (QED) is 0.732. The van der Waals surface area contributed by atoms with Crippen molar-refractivity contribution in [2.45, 2.75) is 12.8 Å². The number of hydrogen-bond acceptors (Lipinski definition) is 5. The fourth-order valence-electron chi connectivity index (χ4n) is 4.36. The van der Waals surface area contributed by atoms with Crippen LogP contribution in [-0.2, 0) is 0 Å². The number of hydrogen-bond donors (Lipinski definition) is 3. The Labute approximate surface area is 145 Å². The molecule has 2 saturated heterocycles. The minimum absolute atomic E-state index is 0.0202. The van der Waals surface area contributed by atoms with Crippen LogP contribution in [0.15, 0.2) is 29.1 Å². The van der Waals surface area contributed by atoms with Crippen LogP contribution in [0.1, 0.15) is 23.3 Å². The van der Waals surface area contributed by atoms with Crippen molar-refractivity contribution < 1.29 is 9.90 Å². The molecule has 1 aromatic heterocycles. The Hall–Kier alpha value is -2.25. The van der Waals surface area contributed by atoms with Gasteiger partial charge in [0.15, 0.2) is 5.69 Å². The number of piperidine rings is 1. The number of aromatic nitrogens is 2. The number of likely N-dealkylation sites (tertiary alicyclic amines) is 1. The summed E-state index contributed by atoms with van der Waals surface area (Å²) in [5.41, 5.74) is -0.0392. The van der Waals surface area contributed by atoms with Crippen LogP contribution in [-0.4, -0.2) is 58.9 Å². The molecule has 7 nitrogen and oxygen atoms in total. The number of benzene rings is 1. The van der Waals surface area contributed by atoms with Crippen molar-refractivity contribution in [3.63, 3.8) is 0 Å². The molecule has 1 unspecified atom stereocenters.